The summed E-state index contributed by atoms with van der Waals surface area (Å²) < 4.78 is 5.67. The monoisotopic (exact) mass is 329 g/mol. The molecular weight excluding hydrogens is 310 g/mol. The number of morpholine rings is 1. The van der Waals surface area contributed by atoms with Crippen LogP contribution in [0.4, 0.5) is 0 Å². The van der Waals surface area contributed by atoms with Gasteiger partial charge in [0.1, 0.15) is 5.82 Å². The highest BCUT2D eigenvalue weighted by atomic mass is 32.1. The van der Waals surface area contributed by atoms with Gasteiger partial charge in [-0.25, -0.2) is 4.98 Å². The van der Waals surface area contributed by atoms with Gasteiger partial charge in [0.05, 0.1) is 36.0 Å². The molecule has 1 aliphatic heterocycles. The van der Waals surface area contributed by atoms with E-state index in [0.29, 0.717) is 6.61 Å². The van der Waals surface area contributed by atoms with Gasteiger partial charge in [-0.3, -0.25) is 10.00 Å². The van der Waals surface area contributed by atoms with Crippen LogP contribution >= 0.6 is 11.3 Å². The second-order valence-corrected chi connectivity index (χ2v) is 6.71. The highest BCUT2D eigenvalue weighted by molar-refractivity contribution is 7.13. The Morgan fingerprint density at radius 3 is 3.17 bits per heavy atom. The third-order valence-corrected chi connectivity index (χ3v) is 5.02. The average Bonchev–Trinajstić information content (AvgIpc) is 3.28. The van der Waals surface area contributed by atoms with E-state index < -0.39 is 0 Å². The fourth-order valence-corrected chi connectivity index (χ4v) is 3.72. The summed E-state index contributed by atoms with van der Waals surface area (Å²) in [5.74, 6) is 0.975. The smallest absolute Gasteiger partial charge is 0.126 e. The van der Waals surface area contributed by atoms with Crippen LogP contribution in [0.25, 0.3) is 10.6 Å². The van der Waals surface area contributed by atoms with Gasteiger partial charge in [0, 0.05) is 30.5 Å². The Balaban J connectivity index is 1.58. The molecular formula is C16H19N5OS. The number of nitrogens with zero attached hydrogens (tertiary/aromatic N) is 3. The van der Waals surface area contributed by atoms with Crippen LogP contribution < -0.4 is 0 Å². The Morgan fingerprint density at radius 1 is 1.43 bits per heavy atom. The molecule has 1 fully saturated rings. The van der Waals surface area contributed by atoms with Gasteiger partial charge in [0.15, 0.2) is 0 Å². The van der Waals surface area contributed by atoms with Gasteiger partial charge in [-0.1, -0.05) is 6.07 Å². The van der Waals surface area contributed by atoms with Crippen molar-refractivity contribution in [3.8, 4) is 10.6 Å². The molecule has 0 aromatic carbocycles. The Labute approximate surface area is 138 Å². The molecule has 0 radical (unpaired) electrons. The van der Waals surface area contributed by atoms with Crippen LogP contribution in [-0.4, -0.2) is 44.8 Å². The first-order valence-corrected chi connectivity index (χ1v) is 8.58. The third-order valence-electron chi connectivity index (χ3n) is 4.14. The van der Waals surface area contributed by atoms with Crippen molar-refractivity contribution in [2.24, 2.45) is 0 Å². The maximum atomic E-state index is 5.67. The van der Waals surface area contributed by atoms with E-state index in [-0.39, 0.29) is 6.04 Å². The van der Waals surface area contributed by atoms with Crippen LogP contribution in [-0.2, 0) is 11.3 Å². The zero-order chi connectivity index (χ0) is 15.6. The second-order valence-electron chi connectivity index (χ2n) is 5.76. The van der Waals surface area contributed by atoms with Gasteiger partial charge >= 0.3 is 0 Å². The zero-order valence-electron chi connectivity index (χ0n) is 13.0. The Kier molecular flexibility index (Phi) is 3.99. The summed E-state index contributed by atoms with van der Waals surface area (Å²) >= 11 is 1.72. The molecule has 23 heavy (non-hydrogen) atoms. The first-order chi connectivity index (χ1) is 11.3. The minimum Gasteiger partial charge on any atom is -0.378 e. The maximum absolute atomic E-state index is 5.67. The van der Waals surface area contributed by atoms with Gasteiger partial charge in [-0.2, -0.15) is 5.10 Å². The van der Waals surface area contributed by atoms with E-state index in [1.807, 2.05) is 19.3 Å². The van der Waals surface area contributed by atoms with Crippen molar-refractivity contribution in [1.82, 2.24) is 25.1 Å². The van der Waals surface area contributed by atoms with Crippen LogP contribution in [0.3, 0.4) is 0 Å². The summed E-state index contributed by atoms with van der Waals surface area (Å²) in [5.41, 5.74) is 3.40. The molecule has 0 unspecified atom stereocenters. The first kappa shape index (κ1) is 14.6. The van der Waals surface area contributed by atoms with Crippen molar-refractivity contribution < 1.29 is 4.74 Å². The molecule has 0 aliphatic carbocycles. The standard InChI is InChI=1S/C16H19N5OS/c1-11-7-17-16(19-11)13-10-22-5-4-21(13)9-12-8-18-20-15(12)14-3-2-6-23-14/h2-3,6-8,13H,4-5,9-10H2,1H3,(H,17,19)(H,18,20)/t13-/m1/s1. The van der Waals surface area contributed by atoms with Crippen LogP contribution in [0.5, 0.6) is 0 Å². The minimum absolute atomic E-state index is 0.156. The number of aryl methyl sites for hydroxylation is 1. The molecule has 3 aromatic rings. The van der Waals surface area contributed by atoms with E-state index in [1.54, 1.807) is 11.3 Å². The molecule has 1 aliphatic rings. The highest BCUT2D eigenvalue weighted by Crippen LogP contribution is 2.29. The molecule has 0 amide bonds. The fourth-order valence-electron chi connectivity index (χ4n) is 2.97. The Hall–Kier alpha value is -1.96. The van der Waals surface area contributed by atoms with E-state index in [2.05, 4.69) is 42.6 Å². The lowest BCUT2D eigenvalue weighted by Crippen LogP contribution is -2.39. The molecule has 3 aromatic heterocycles. The van der Waals surface area contributed by atoms with Gasteiger partial charge in [0.2, 0.25) is 0 Å². The van der Waals surface area contributed by atoms with Gasteiger partial charge in [-0.05, 0) is 18.4 Å². The maximum Gasteiger partial charge on any atom is 0.126 e. The Morgan fingerprint density at radius 2 is 2.39 bits per heavy atom. The summed E-state index contributed by atoms with van der Waals surface area (Å²) in [6, 6.07) is 4.34. The van der Waals surface area contributed by atoms with Gasteiger partial charge in [0.25, 0.3) is 0 Å². The van der Waals surface area contributed by atoms with Gasteiger partial charge in [-0.15, -0.1) is 11.3 Å². The number of H-pyrrole nitrogens is 2. The molecule has 4 rings (SSSR count). The lowest BCUT2D eigenvalue weighted by Gasteiger charge is -2.34. The number of hydrogen-bond donors (Lipinski definition) is 2. The largest absolute Gasteiger partial charge is 0.378 e. The topological polar surface area (TPSA) is 69.8 Å². The summed E-state index contributed by atoms with van der Waals surface area (Å²) in [4.78, 5) is 11.5. The Bertz CT molecular complexity index is 763. The van der Waals surface area contributed by atoms with Crippen LogP contribution in [0.2, 0.25) is 0 Å². The molecule has 0 saturated carbocycles. The molecule has 0 spiro atoms. The number of imidazole rings is 1. The first-order valence-electron chi connectivity index (χ1n) is 7.70. The predicted octanol–water partition coefficient (Wildman–Crippen LogP) is 2.74. The highest BCUT2D eigenvalue weighted by Gasteiger charge is 2.28. The minimum atomic E-state index is 0.156. The van der Waals surface area contributed by atoms with Crippen LogP contribution in [0.1, 0.15) is 23.1 Å². The van der Waals surface area contributed by atoms with E-state index in [1.165, 1.54) is 10.4 Å². The van der Waals surface area contributed by atoms with Crippen molar-refractivity contribution in [1.29, 1.82) is 0 Å². The number of ether oxygens (including phenoxy) is 1. The number of nitrogens with one attached hydrogen (secondary N) is 2. The molecule has 6 nitrogen and oxygen atoms in total. The second kappa shape index (κ2) is 6.27. The van der Waals surface area contributed by atoms with E-state index in [4.69, 9.17) is 4.74 Å². The van der Waals surface area contributed by atoms with E-state index in [0.717, 1.165) is 36.9 Å². The summed E-state index contributed by atoms with van der Waals surface area (Å²) in [6.45, 7) is 5.16. The molecule has 0 bridgehead atoms. The SMILES string of the molecule is Cc1cnc([C@H]2COCCN2Cc2cn[nH]c2-c2cccs2)[nH]1. The number of rotatable bonds is 4. The summed E-state index contributed by atoms with van der Waals surface area (Å²) in [6.07, 6.45) is 3.80. The summed E-state index contributed by atoms with van der Waals surface area (Å²) in [5, 5.41) is 9.47. The van der Waals surface area contributed by atoms with E-state index >= 15 is 0 Å². The average molecular weight is 329 g/mol. The zero-order valence-corrected chi connectivity index (χ0v) is 13.8. The lowest BCUT2D eigenvalue weighted by molar-refractivity contribution is -0.0156. The van der Waals surface area contributed by atoms with Crippen molar-refractivity contribution in [2.45, 2.75) is 19.5 Å². The van der Waals surface area contributed by atoms with Crippen molar-refractivity contribution in [3.63, 3.8) is 0 Å². The number of aromatic amines is 2. The third kappa shape index (κ3) is 2.95. The van der Waals surface area contributed by atoms with Crippen molar-refractivity contribution in [3.05, 3.63) is 47.0 Å². The molecule has 1 atom stereocenters. The van der Waals surface area contributed by atoms with E-state index in [9.17, 15) is 0 Å². The van der Waals surface area contributed by atoms with Crippen molar-refractivity contribution in [2.75, 3.05) is 19.8 Å². The molecule has 4 heterocycles. The number of aromatic nitrogens is 4. The summed E-state index contributed by atoms with van der Waals surface area (Å²) in [7, 11) is 0. The molecule has 1 saturated heterocycles. The fraction of sp³-hybridized carbons (Fsp3) is 0.375. The van der Waals surface area contributed by atoms with Crippen LogP contribution in [0.15, 0.2) is 29.9 Å². The molecule has 7 heteroatoms. The predicted molar refractivity (Wildman–Crippen MR) is 89.2 cm³/mol. The van der Waals surface area contributed by atoms with Crippen LogP contribution in [0, 0.1) is 6.92 Å². The van der Waals surface area contributed by atoms with Crippen molar-refractivity contribution >= 4 is 11.3 Å². The number of thiophene rings is 1. The molecule has 2 N–H and O–H groups in total. The molecule has 120 valence electrons. The lowest BCUT2D eigenvalue weighted by atomic mass is 10.1. The quantitative estimate of drug-likeness (QED) is 0.772. The number of hydrogen-bond acceptors (Lipinski definition) is 5. The normalized spacial score (nSPS) is 19.3. The van der Waals surface area contributed by atoms with Gasteiger partial charge < -0.3 is 9.72 Å².